The molecule has 19 nitrogen and oxygen atoms in total. The van der Waals surface area contributed by atoms with Crippen molar-refractivity contribution in [2.75, 3.05) is 19.6 Å². The summed E-state index contributed by atoms with van der Waals surface area (Å²) in [6, 6.07) is -2.69. The highest BCUT2D eigenvalue weighted by Crippen LogP contribution is 2.25. The molecule has 0 aromatic carbocycles. The minimum absolute atomic E-state index is 0.0801. The van der Waals surface area contributed by atoms with Gasteiger partial charge in [-0.3, -0.25) is 29.0 Å². The van der Waals surface area contributed by atoms with Gasteiger partial charge < -0.3 is 67.7 Å². The fraction of sp³-hybridized carbons (Fsp3) is 0.750. The first kappa shape index (κ1) is 33.9. The molecule has 0 aromatic heterocycles. The molecule has 19 heteroatoms. The molecule has 3 saturated heterocycles. The second-order valence-corrected chi connectivity index (χ2v) is 10.6. The van der Waals surface area contributed by atoms with Crippen LogP contribution in [0.1, 0.15) is 32.1 Å². The van der Waals surface area contributed by atoms with Crippen molar-refractivity contribution in [3.05, 3.63) is 0 Å². The van der Waals surface area contributed by atoms with Gasteiger partial charge in [-0.1, -0.05) is 0 Å². The number of hydrogen-bond acceptors (Lipinski definition) is 12. The van der Waals surface area contributed by atoms with Crippen LogP contribution < -0.4 is 32.7 Å². The summed E-state index contributed by atoms with van der Waals surface area (Å²) in [5.41, 5.74) is 10.6. The van der Waals surface area contributed by atoms with Gasteiger partial charge in [0.1, 0.15) is 48.7 Å². The maximum Gasteiger partial charge on any atom is 0.305 e. The number of fused-ring (bicyclic) bond motifs is 4. The molecule has 3 aliphatic heterocycles. The highest BCUT2D eigenvalue weighted by atomic mass is 16.5. The van der Waals surface area contributed by atoms with E-state index < -0.39 is 116 Å². The van der Waals surface area contributed by atoms with Crippen molar-refractivity contribution >= 4 is 35.6 Å². The van der Waals surface area contributed by atoms with Gasteiger partial charge in [-0.25, -0.2) is 0 Å². The smallest absolute Gasteiger partial charge is 0.305 e. The Kier molecular flexibility index (Phi) is 12.0. The van der Waals surface area contributed by atoms with E-state index in [-0.39, 0.29) is 31.9 Å². The van der Waals surface area contributed by atoms with Crippen molar-refractivity contribution in [2.24, 2.45) is 16.5 Å². The van der Waals surface area contributed by atoms with Crippen molar-refractivity contribution in [3.8, 4) is 0 Å². The molecule has 0 aliphatic carbocycles. The molecular weight excluding hydrogens is 578 g/mol. The van der Waals surface area contributed by atoms with E-state index in [1.165, 1.54) is 0 Å². The van der Waals surface area contributed by atoms with Gasteiger partial charge in [0.05, 0.1) is 31.5 Å². The van der Waals surface area contributed by atoms with Crippen molar-refractivity contribution in [1.82, 2.24) is 21.3 Å². The van der Waals surface area contributed by atoms with Crippen molar-refractivity contribution < 1.29 is 59.0 Å². The average molecular weight is 618 g/mol. The molecule has 0 spiro atoms. The maximum atomic E-state index is 13.0. The normalized spacial score (nSPS) is 36.1. The predicted molar refractivity (Wildman–Crippen MR) is 143 cm³/mol. The third-order valence-corrected chi connectivity index (χ3v) is 7.28. The molecule has 0 saturated carbocycles. The summed E-state index contributed by atoms with van der Waals surface area (Å²) in [5.74, 6) is -4.76. The average Bonchev–Trinajstić information content (AvgIpc) is 3.35. The zero-order chi connectivity index (χ0) is 31.8. The van der Waals surface area contributed by atoms with Crippen LogP contribution in [0.2, 0.25) is 0 Å². The second kappa shape index (κ2) is 15.2. The summed E-state index contributed by atoms with van der Waals surface area (Å²) < 4.78 is 11.1. The number of carbonyl (C=O) groups excluding carboxylic acids is 4. The molecule has 0 aromatic rings. The Balaban J connectivity index is 1.81. The van der Waals surface area contributed by atoms with E-state index in [4.69, 9.17) is 20.9 Å². The Morgan fingerprint density at radius 1 is 0.767 bits per heavy atom. The predicted octanol–water partition coefficient (Wildman–Crippen LogP) is -6.51. The number of aliphatic carboxylic acids is 1. The van der Waals surface area contributed by atoms with Gasteiger partial charge in [0.2, 0.25) is 23.6 Å². The second-order valence-electron chi connectivity index (χ2n) is 10.6. The number of aliphatic hydroxyl groups excluding tert-OH is 4. The van der Waals surface area contributed by atoms with E-state index in [1.54, 1.807) is 0 Å². The SMILES string of the molecule is NC(N)=NCCCC1NC(=O)C[C@@H]2O[C@H](CNC(=O)C(CC(=O)O)NC(=O)C[C@@H]3O[C@H](CNC1=O)[C@@H](O)[C@H]3O)[C@@H](O)[C@H]2O. The first-order chi connectivity index (χ1) is 20.3. The van der Waals surface area contributed by atoms with Gasteiger partial charge in [-0.15, -0.1) is 0 Å². The van der Waals surface area contributed by atoms with Crippen molar-refractivity contribution in [2.45, 2.75) is 93.0 Å². The molecule has 2 unspecified atom stereocenters. The number of nitrogens with zero attached hydrogens (tertiary/aromatic N) is 1. The monoisotopic (exact) mass is 617 g/mol. The zero-order valence-electron chi connectivity index (χ0n) is 23.1. The molecule has 10 atom stereocenters. The number of aliphatic imine (C=N–C) groups is 1. The van der Waals surface area contributed by atoms with Gasteiger partial charge in [0.25, 0.3) is 0 Å². The molecule has 0 radical (unpaired) electrons. The zero-order valence-corrected chi connectivity index (χ0v) is 23.1. The summed E-state index contributed by atoms with van der Waals surface area (Å²) in [4.78, 5) is 66.4. The number of amides is 4. The van der Waals surface area contributed by atoms with Crippen molar-refractivity contribution in [3.63, 3.8) is 0 Å². The first-order valence-electron chi connectivity index (χ1n) is 13.7. The molecule has 3 fully saturated rings. The van der Waals surface area contributed by atoms with Gasteiger partial charge in [-0.05, 0) is 12.8 Å². The highest BCUT2D eigenvalue weighted by Gasteiger charge is 2.45. The number of ether oxygens (including phenoxy) is 2. The number of nitrogens with two attached hydrogens (primary N) is 2. The molecule has 4 bridgehead atoms. The number of carboxylic acid groups (broad SMARTS) is 1. The van der Waals surface area contributed by atoms with Crippen LogP contribution in [0, 0.1) is 0 Å². The number of aliphatic hydroxyl groups is 4. The van der Waals surface area contributed by atoms with Crippen molar-refractivity contribution in [1.29, 1.82) is 0 Å². The largest absolute Gasteiger partial charge is 0.481 e. The van der Waals surface area contributed by atoms with E-state index in [1.807, 2.05) is 0 Å². The number of carboxylic acids is 1. The van der Waals surface area contributed by atoms with Gasteiger partial charge in [-0.2, -0.15) is 0 Å². The fourth-order valence-corrected chi connectivity index (χ4v) is 5.00. The quantitative estimate of drug-likeness (QED) is 0.0750. The molecular formula is C24H39N7O12. The van der Waals surface area contributed by atoms with Gasteiger partial charge in [0, 0.05) is 19.6 Å². The lowest BCUT2D eigenvalue weighted by molar-refractivity contribution is -0.141. The van der Waals surface area contributed by atoms with E-state index in [0.717, 1.165) is 0 Å². The number of rotatable bonds is 6. The Hall–Kier alpha value is -3.62. The highest BCUT2D eigenvalue weighted by molar-refractivity contribution is 5.91. The third kappa shape index (κ3) is 9.43. The Morgan fingerprint density at radius 3 is 1.67 bits per heavy atom. The number of hydrogen-bond donors (Lipinski definition) is 11. The van der Waals surface area contributed by atoms with Gasteiger partial charge >= 0.3 is 5.97 Å². The lowest BCUT2D eigenvalue weighted by atomic mass is 10.0. The first-order valence-corrected chi connectivity index (χ1v) is 13.7. The van der Waals surface area contributed by atoms with E-state index >= 15 is 0 Å². The Morgan fingerprint density at radius 2 is 1.21 bits per heavy atom. The number of nitrogens with one attached hydrogen (secondary N) is 4. The minimum Gasteiger partial charge on any atom is -0.481 e. The minimum atomic E-state index is -1.57. The van der Waals surface area contributed by atoms with Crippen LogP contribution in [0.15, 0.2) is 4.99 Å². The van der Waals surface area contributed by atoms with Crippen LogP contribution >= 0.6 is 0 Å². The summed E-state index contributed by atoms with van der Waals surface area (Å²) in [7, 11) is 0. The van der Waals surface area contributed by atoms with Crippen LogP contribution in [0.5, 0.6) is 0 Å². The summed E-state index contributed by atoms with van der Waals surface area (Å²) in [6.07, 6.45) is -12.4. The standard InChI is InChI=1S/C24H39N7O12/c25-24(26)27-3-1-2-9-22(40)28-7-13-20(38)19(37)12(43-13)6-16(33)31-10(4-17(34)35)23(41)29-8-14-21(39)18(36)11(42-14)5-15(32)30-9/h9-14,18-21,36-39H,1-8H2,(H,28,40)(H,29,41)(H,30,32)(H,31,33)(H,34,35)(H4,25,26,27)/t9?,10?,11-,12-,13+,14+,18-,19-,20+,21+/m0/s1. The molecule has 242 valence electrons. The lowest BCUT2D eigenvalue weighted by Crippen LogP contribution is -2.51. The summed E-state index contributed by atoms with van der Waals surface area (Å²) in [5, 5.41) is 60.6. The third-order valence-electron chi connectivity index (χ3n) is 7.28. The lowest BCUT2D eigenvalue weighted by Gasteiger charge is -2.22. The number of carbonyl (C=O) groups is 5. The van der Waals surface area contributed by atoms with Gasteiger partial charge in [0.15, 0.2) is 5.96 Å². The molecule has 3 heterocycles. The van der Waals surface area contributed by atoms with Crippen LogP contribution in [0.25, 0.3) is 0 Å². The molecule has 3 aliphatic rings. The van der Waals surface area contributed by atoms with E-state index in [2.05, 4.69) is 26.3 Å². The molecule has 13 N–H and O–H groups in total. The molecule has 43 heavy (non-hydrogen) atoms. The topological polar surface area (TPSA) is 317 Å². The van der Waals surface area contributed by atoms with Crippen LogP contribution in [0.4, 0.5) is 0 Å². The summed E-state index contributed by atoms with van der Waals surface area (Å²) in [6.45, 7) is -0.577. The Labute approximate surface area is 245 Å². The number of guanidine groups is 1. The molecule has 3 rings (SSSR count). The summed E-state index contributed by atoms with van der Waals surface area (Å²) >= 11 is 0. The molecule has 4 amide bonds. The van der Waals surface area contributed by atoms with Crippen LogP contribution in [0.3, 0.4) is 0 Å². The van der Waals surface area contributed by atoms with Crippen LogP contribution in [-0.4, -0.2) is 142 Å². The Bertz CT molecular complexity index is 1070. The van der Waals surface area contributed by atoms with E-state index in [9.17, 15) is 49.5 Å². The van der Waals surface area contributed by atoms with Crippen LogP contribution in [-0.2, 0) is 33.4 Å². The maximum absolute atomic E-state index is 13.0. The fourth-order valence-electron chi connectivity index (χ4n) is 5.00. The van der Waals surface area contributed by atoms with E-state index in [0.29, 0.717) is 0 Å².